The molecule has 3 heterocycles. The lowest BCUT2D eigenvalue weighted by molar-refractivity contribution is 0.521. The average molecular weight is 342 g/mol. The highest BCUT2D eigenvalue weighted by atomic mass is 32.2. The van der Waals surface area contributed by atoms with Crippen LogP contribution in [0.15, 0.2) is 51.9 Å². The van der Waals surface area contributed by atoms with Crippen molar-refractivity contribution in [3.63, 3.8) is 0 Å². The number of benzene rings is 1. The molecule has 7 nitrogen and oxygen atoms in total. The Kier molecular flexibility index (Phi) is 3.19. The van der Waals surface area contributed by atoms with Crippen molar-refractivity contribution < 1.29 is 12.8 Å². The number of hydrogen-bond acceptors (Lipinski definition) is 5. The van der Waals surface area contributed by atoms with Crippen LogP contribution in [-0.2, 0) is 10.0 Å². The molecule has 0 aliphatic heterocycles. The third-order valence-electron chi connectivity index (χ3n) is 3.76. The molecule has 0 atom stereocenters. The predicted octanol–water partition coefficient (Wildman–Crippen LogP) is 2.62. The van der Waals surface area contributed by atoms with E-state index in [4.69, 9.17) is 4.42 Å². The van der Waals surface area contributed by atoms with Crippen LogP contribution >= 0.6 is 0 Å². The molecule has 122 valence electrons. The van der Waals surface area contributed by atoms with Gasteiger partial charge >= 0.3 is 0 Å². The lowest BCUT2D eigenvalue weighted by Crippen LogP contribution is -2.22. The highest BCUT2D eigenvalue weighted by Gasteiger charge is 2.19. The molecule has 4 aromatic rings. The molecule has 0 fully saturated rings. The minimum absolute atomic E-state index is 0.210. The Labute approximate surface area is 138 Å². The average Bonchev–Trinajstić information content (AvgIpc) is 3.17. The van der Waals surface area contributed by atoms with E-state index in [1.807, 2.05) is 18.2 Å². The zero-order chi connectivity index (χ0) is 16.9. The van der Waals surface area contributed by atoms with Gasteiger partial charge in [-0.25, -0.2) is 22.7 Å². The molecule has 0 amide bonds. The Morgan fingerprint density at radius 1 is 1.17 bits per heavy atom. The van der Waals surface area contributed by atoms with Crippen molar-refractivity contribution in [3.8, 4) is 11.6 Å². The van der Waals surface area contributed by atoms with Gasteiger partial charge in [-0.1, -0.05) is 0 Å². The summed E-state index contributed by atoms with van der Waals surface area (Å²) >= 11 is 0. The molecule has 0 radical (unpaired) electrons. The second kappa shape index (κ2) is 5.15. The van der Waals surface area contributed by atoms with E-state index in [1.165, 1.54) is 18.4 Å². The smallest absolute Gasteiger partial charge is 0.242 e. The van der Waals surface area contributed by atoms with Crippen LogP contribution in [0.5, 0.6) is 0 Å². The van der Waals surface area contributed by atoms with Gasteiger partial charge in [0.1, 0.15) is 0 Å². The third kappa shape index (κ3) is 2.27. The molecule has 3 aromatic heterocycles. The largest absolute Gasteiger partial charge is 0.434 e. The summed E-state index contributed by atoms with van der Waals surface area (Å²) in [5.74, 6) is 1.08. The van der Waals surface area contributed by atoms with E-state index in [9.17, 15) is 8.42 Å². The zero-order valence-electron chi connectivity index (χ0n) is 13.0. The fraction of sp³-hybridized carbons (Fsp3) is 0.125. The molecule has 1 aromatic carbocycles. The summed E-state index contributed by atoms with van der Waals surface area (Å²) in [7, 11) is -0.493. The lowest BCUT2D eigenvalue weighted by Gasteiger charge is -2.10. The quantitative estimate of drug-likeness (QED) is 0.618. The minimum atomic E-state index is -3.49. The van der Waals surface area contributed by atoms with Gasteiger partial charge < -0.3 is 9.40 Å². The van der Waals surface area contributed by atoms with Crippen LogP contribution in [0, 0.1) is 0 Å². The van der Waals surface area contributed by atoms with Gasteiger partial charge in [0.2, 0.25) is 15.7 Å². The molecule has 0 unspecified atom stereocenters. The SMILES string of the molecule is CN(C)S(=O)(=O)c1ccc2nc(-c3cc4cccnc4o3)[nH]c2c1. The van der Waals surface area contributed by atoms with E-state index >= 15 is 0 Å². The number of aromatic nitrogens is 3. The van der Waals surface area contributed by atoms with Gasteiger partial charge in [0, 0.05) is 25.7 Å². The number of aromatic amines is 1. The van der Waals surface area contributed by atoms with Crippen molar-refractivity contribution in [1.29, 1.82) is 0 Å². The number of nitrogens with zero attached hydrogens (tertiary/aromatic N) is 3. The van der Waals surface area contributed by atoms with E-state index < -0.39 is 10.0 Å². The second-order valence-corrected chi connectivity index (χ2v) is 7.71. The normalized spacial score (nSPS) is 12.5. The number of nitrogens with one attached hydrogen (secondary N) is 1. The fourth-order valence-electron chi connectivity index (χ4n) is 2.47. The van der Waals surface area contributed by atoms with E-state index in [-0.39, 0.29) is 4.90 Å². The molecular formula is C16H14N4O3S. The molecule has 24 heavy (non-hydrogen) atoms. The Morgan fingerprint density at radius 3 is 2.75 bits per heavy atom. The van der Waals surface area contributed by atoms with Crippen molar-refractivity contribution >= 4 is 32.2 Å². The molecule has 0 saturated carbocycles. The van der Waals surface area contributed by atoms with Crippen LogP contribution in [0.2, 0.25) is 0 Å². The first-order valence-corrected chi connectivity index (χ1v) is 8.66. The van der Waals surface area contributed by atoms with E-state index in [1.54, 1.807) is 24.4 Å². The molecule has 0 aliphatic rings. The van der Waals surface area contributed by atoms with Crippen LogP contribution in [0.4, 0.5) is 0 Å². The predicted molar refractivity (Wildman–Crippen MR) is 90.0 cm³/mol. The number of pyridine rings is 1. The number of H-pyrrole nitrogens is 1. The summed E-state index contributed by atoms with van der Waals surface area (Å²) in [6.45, 7) is 0. The number of rotatable bonds is 3. The summed E-state index contributed by atoms with van der Waals surface area (Å²) in [6.07, 6.45) is 1.66. The summed E-state index contributed by atoms with van der Waals surface area (Å²) in [5.41, 5.74) is 1.82. The third-order valence-corrected chi connectivity index (χ3v) is 5.57. The molecule has 1 N–H and O–H groups in total. The molecule has 4 rings (SSSR count). The van der Waals surface area contributed by atoms with Gasteiger partial charge in [-0.05, 0) is 36.4 Å². The Balaban J connectivity index is 1.84. The van der Waals surface area contributed by atoms with Crippen LogP contribution in [0.25, 0.3) is 33.7 Å². The molecule has 0 bridgehead atoms. The van der Waals surface area contributed by atoms with Crippen molar-refractivity contribution in [3.05, 3.63) is 42.6 Å². The molecule has 0 saturated heterocycles. The van der Waals surface area contributed by atoms with Crippen LogP contribution in [-0.4, -0.2) is 41.8 Å². The van der Waals surface area contributed by atoms with E-state index in [0.717, 1.165) is 5.39 Å². The van der Waals surface area contributed by atoms with Crippen LogP contribution < -0.4 is 0 Å². The maximum absolute atomic E-state index is 12.2. The molecule has 8 heteroatoms. The van der Waals surface area contributed by atoms with Gasteiger partial charge in [0.15, 0.2) is 11.6 Å². The molecule has 0 spiro atoms. The van der Waals surface area contributed by atoms with Crippen molar-refractivity contribution in [1.82, 2.24) is 19.3 Å². The maximum atomic E-state index is 12.2. The van der Waals surface area contributed by atoms with Crippen molar-refractivity contribution in [2.45, 2.75) is 4.90 Å². The van der Waals surface area contributed by atoms with Gasteiger partial charge in [-0.2, -0.15) is 0 Å². The van der Waals surface area contributed by atoms with Crippen molar-refractivity contribution in [2.24, 2.45) is 0 Å². The summed E-state index contributed by atoms with van der Waals surface area (Å²) < 4.78 is 31.3. The number of fused-ring (bicyclic) bond motifs is 2. The Bertz CT molecular complexity index is 1130. The first-order chi connectivity index (χ1) is 11.4. The maximum Gasteiger partial charge on any atom is 0.242 e. The highest BCUT2D eigenvalue weighted by molar-refractivity contribution is 7.89. The summed E-state index contributed by atoms with van der Waals surface area (Å²) in [4.78, 5) is 11.9. The Hall–Kier alpha value is -2.71. The first-order valence-electron chi connectivity index (χ1n) is 7.22. The fourth-order valence-corrected chi connectivity index (χ4v) is 3.40. The van der Waals surface area contributed by atoms with Crippen LogP contribution in [0.3, 0.4) is 0 Å². The van der Waals surface area contributed by atoms with E-state index in [2.05, 4.69) is 15.0 Å². The minimum Gasteiger partial charge on any atom is -0.434 e. The molecule has 0 aliphatic carbocycles. The zero-order valence-corrected chi connectivity index (χ0v) is 13.8. The highest BCUT2D eigenvalue weighted by Crippen LogP contribution is 2.27. The summed E-state index contributed by atoms with van der Waals surface area (Å²) in [5, 5.41) is 0.879. The number of hydrogen-bond donors (Lipinski definition) is 1. The first kappa shape index (κ1) is 14.9. The molecular weight excluding hydrogens is 328 g/mol. The standard InChI is InChI=1S/C16H14N4O3S/c1-20(2)24(21,22)11-5-6-12-13(9-11)19-15(18-12)14-8-10-4-3-7-17-16(10)23-14/h3-9H,1-2H3,(H,18,19). The van der Waals surface area contributed by atoms with Gasteiger partial charge in [-0.15, -0.1) is 0 Å². The van der Waals surface area contributed by atoms with Gasteiger partial charge in [-0.3, -0.25) is 0 Å². The topological polar surface area (TPSA) is 92.1 Å². The number of imidazole rings is 1. The van der Waals surface area contributed by atoms with E-state index in [0.29, 0.717) is 28.3 Å². The Morgan fingerprint density at radius 2 is 2.00 bits per heavy atom. The number of sulfonamides is 1. The summed E-state index contributed by atoms with van der Waals surface area (Å²) in [6, 6.07) is 10.4. The van der Waals surface area contributed by atoms with Crippen LogP contribution in [0.1, 0.15) is 0 Å². The number of furan rings is 1. The van der Waals surface area contributed by atoms with Gasteiger partial charge in [0.05, 0.1) is 15.9 Å². The van der Waals surface area contributed by atoms with Gasteiger partial charge in [0.25, 0.3) is 0 Å². The second-order valence-electron chi connectivity index (χ2n) is 5.56. The monoisotopic (exact) mass is 342 g/mol. The van der Waals surface area contributed by atoms with Crippen molar-refractivity contribution in [2.75, 3.05) is 14.1 Å². The lowest BCUT2D eigenvalue weighted by atomic mass is 10.3.